The molecule has 0 fully saturated rings. The Hall–Kier alpha value is -1.20. The number of nitrogens with zero attached hydrogens (tertiary/aromatic N) is 3. The van der Waals surface area contributed by atoms with Crippen molar-refractivity contribution in [1.29, 1.82) is 0 Å². The number of aromatic nitrogens is 3. The zero-order chi connectivity index (χ0) is 12.3. The van der Waals surface area contributed by atoms with Crippen LogP contribution in [0.25, 0.3) is 0 Å². The van der Waals surface area contributed by atoms with Gasteiger partial charge < -0.3 is 9.67 Å². The number of aryl methyl sites for hydroxylation is 1. The predicted molar refractivity (Wildman–Crippen MR) is 68.5 cm³/mol. The molecule has 2 rings (SSSR count). The summed E-state index contributed by atoms with van der Waals surface area (Å²) in [6.07, 6.45) is 5.48. The molecule has 1 atom stereocenters. The summed E-state index contributed by atoms with van der Waals surface area (Å²) in [6, 6.07) is 3.65. The molecule has 0 saturated carbocycles. The van der Waals surface area contributed by atoms with Crippen LogP contribution in [0.4, 0.5) is 0 Å². The lowest BCUT2D eigenvalue weighted by molar-refractivity contribution is 0.199. The number of hydrogen-bond acceptors (Lipinski definition) is 3. The van der Waals surface area contributed by atoms with E-state index in [0.29, 0.717) is 11.5 Å². The summed E-state index contributed by atoms with van der Waals surface area (Å²) in [7, 11) is 0. The third kappa shape index (κ3) is 2.73. The van der Waals surface area contributed by atoms with E-state index in [4.69, 9.17) is 0 Å². The lowest BCUT2D eigenvalue weighted by Gasteiger charge is -2.12. The van der Waals surface area contributed by atoms with Crippen molar-refractivity contribution < 1.29 is 5.11 Å². The van der Waals surface area contributed by atoms with Crippen LogP contribution in [0.1, 0.15) is 31.0 Å². The van der Waals surface area contributed by atoms with Crippen molar-refractivity contribution in [2.24, 2.45) is 0 Å². The van der Waals surface area contributed by atoms with Gasteiger partial charge in [0.1, 0.15) is 5.82 Å². The smallest absolute Gasteiger partial charge is 0.153 e. The highest BCUT2D eigenvalue weighted by Crippen LogP contribution is 2.20. The molecule has 0 amide bonds. The van der Waals surface area contributed by atoms with Crippen LogP contribution in [0, 0.1) is 0 Å². The van der Waals surface area contributed by atoms with E-state index in [-0.39, 0.29) is 0 Å². The van der Waals surface area contributed by atoms with Crippen molar-refractivity contribution in [2.75, 3.05) is 0 Å². The van der Waals surface area contributed by atoms with Crippen LogP contribution in [-0.4, -0.2) is 19.6 Å². The average molecular weight is 296 g/mol. The molecule has 2 heterocycles. The maximum atomic E-state index is 10.2. The zero-order valence-corrected chi connectivity index (χ0v) is 11.1. The molecule has 4 nitrogen and oxygen atoms in total. The van der Waals surface area contributed by atoms with Gasteiger partial charge in [0, 0.05) is 29.6 Å². The minimum Gasteiger partial charge on any atom is -0.379 e. The third-order valence-electron chi connectivity index (χ3n) is 2.49. The van der Waals surface area contributed by atoms with Crippen molar-refractivity contribution in [2.45, 2.75) is 26.0 Å². The van der Waals surface area contributed by atoms with Gasteiger partial charge in [-0.25, -0.2) is 4.98 Å². The normalized spacial score (nSPS) is 12.6. The van der Waals surface area contributed by atoms with Crippen LogP contribution < -0.4 is 0 Å². The molecule has 0 aliphatic carbocycles. The fraction of sp³-hybridized carbons (Fsp3) is 0.333. The zero-order valence-electron chi connectivity index (χ0n) is 9.55. The Balaban J connectivity index is 2.26. The number of halogens is 1. The number of rotatable bonds is 4. The summed E-state index contributed by atoms with van der Waals surface area (Å²) in [5.74, 6) is 0.640. The molecule has 90 valence electrons. The second-order valence-electron chi connectivity index (χ2n) is 3.78. The first-order valence-electron chi connectivity index (χ1n) is 5.53. The highest BCUT2D eigenvalue weighted by atomic mass is 79.9. The molecule has 2 aromatic heterocycles. The SMILES string of the molecule is CCCn1ccnc1C(O)c1ccc(Br)cn1. The van der Waals surface area contributed by atoms with E-state index in [0.717, 1.165) is 17.4 Å². The summed E-state index contributed by atoms with van der Waals surface area (Å²) in [5.41, 5.74) is 0.608. The van der Waals surface area contributed by atoms with Gasteiger partial charge in [-0.1, -0.05) is 6.92 Å². The minimum atomic E-state index is -0.773. The topological polar surface area (TPSA) is 50.9 Å². The van der Waals surface area contributed by atoms with E-state index in [1.165, 1.54) is 0 Å². The summed E-state index contributed by atoms with van der Waals surface area (Å²) >= 11 is 3.32. The van der Waals surface area contributed by atoms with Crippen molar-refractivity contribution in [3.05, 3.63) is 46.7 Å². The molecule has 0 saturated heterocycles. The van der Waals surface area contributed by atoms with Crippen molar-refractivity contribution >= 4 is 15.9 Å². The van der Waals surface area contributed by atoms with Gasteiger partial charge in [0.2, 0.25) is 0 Å². The largest absolute Gasteiger partial charge is 0.379 e. The van der Waals surface area contributed by atoms with Gasteiger partial charge in [0.05, 0.1) is 5.69 Å². The number of imidazole rings is 1. The van der Waals surface area contributed by atoms with E-state index >= 15 is 0 Å². The van der Waals surface area contributed by atoms with Crippen LogP contribution in [0.2, 0.25) is 0 Å². The molecule has 0 radical (unpaired) electrons. The van der Waals surface area contributed by atoms with Gasteiger partial charge in [-0.2, -0.15) is 0 Å². The Morgan fingerprint density at radius 2 is 2.24 bits per heavy atom. The Morgan fingerprint density at radius 1 is 1.41 bits per heavy atom. The van der Waals surface area contributed by atoms with Gasteiger partial charge in [-0.05, 0) is 34.5 Å². The first-order valence-corrected chi connectivity index (χ1v) is 6.32. The van der Waals surface area contributed by atoms with Gasteiger partial charge in [-0.3, -0.25) is 4.98 Å². The lowest BCUT2D eigenvalue weighted by atomic mass is 10.2. The van der Waals surface area contributed by atoms with Gasteiger partial charge in [0.25, 0.3) is 0 Å². The molecule has 2 aromatic rings. The fourth-order valence-corrected chi connectivity index (χ4v) is 1.91. The third-order valence-corrected chi connectivity index (χ3v) is 2.96. The quantitative estimate of drug-likeness (QED) is 0.943. The molecule has 1 N–H and O–H groups in total. The van der Waals surface area contributed by atoms with Gasteiger partial charge >= 0.3 is 0 Å². The number of aliphatic hydroxyl groups is 1. The number of aliphatic hydroxyl groups excluding tert-OH is 1. The van der Waals surface area contributed by atoms with E-state index in [2.05, 4.69) is 32.8 Å². The summed E-state index contributed by atoms with van der Waals surface area (Å²) in [6.45, 7) is 2.94. The standard InChI is InChI=1S/C12H14BrN3O/c1-2-6-16-7-5-14-12(16)11(17)10-4-3-9(13)8-15-10/h3-5,7-8,11,17H,2,6H2,1H3. The number of pyridine rings is 1. The van der Waals surface area contributed by atoms with E-state index < -0.39 is 6.10 Å². The van der Waals surface area contributed by atoms with Crippen LogP contribution in [0.5, 0.6) is 0 Å². The Labute approximate surface area is 108 Å². The second-order valence-corrected chi connectivity index (χ2v) is 4.70. The molecule has 0 aliphatic rings. The average Bonchev–Trinajstić information content (AvgIpc) is 2.78. The highest BCUT2D eigenvalue weighted by molar-refractivity contribution is 9.10. The summed E-state index contributed by atoms with van der Waals surface area (Å²) in [4.78, 5) is 8.38. The molecule has 0 spiro atoms. The first kappa shape index (κ1) is 12.3. The predicted octanol–water partition coefficient (Wildman–Crippen LogP) is 2.53. The van der Waals surface area contributed by atoms with E-state index in [1.54, 1.807) is 18.5 Å². The molecule has 0 aliphatic heterocycles. The Bertz CT molecular complexity index is 481. The molecule has 0 aromatic carbocycles. The Morgan fingerprint density at radius 3 is 2.88 bits per heavy atom. The first-order chi connectivity index (χ1) is 8.22. The van der Waals surface area contributed by atoms with Gasteiger partial charge in [0.15, 0.2) is 6.10 Å². The second kappa shape index (κ2) is 5.42. The monoisotopic (exact) mass is 295 g/mol. The van der Waals surface area contributed by atoms with Gasteiger partial charge in [-0.15, -0.1) is 0 Å². The van der Waals surface area contributed by atoms with Crippen molar-refractivity contribution in [3.63, 3.8) is 0 Å². The minimum absolute atomic E-state index is 0.608. The van der Waals surface area contributed by atoms with Crippen LogP contribution in [-0.2, 0) is 6.54 Å². The molecular weight excluding hydrogens is 282 g/mol. The fourth-order valence-electron chi connectivity index (χ4n) is 1.68. The van der Waals surface area contributed by atoms with Crippen LogP contribution in [0.15, 0.2) is 35.2 Å². The molecule has 1 unspecified atom stereocenters. The van der Waals surface area contributed by atoms with Crippen molar-refractivity contribution in [3.8, 4) is 0 Å². The van der Waals surface area contributed by atoms with Crippen LogP contribution >= 0.6 is 15.9 Å². The lowest BCUT2D eigenvalue weighted by Crippen LogP contribution is -2.10. The molecule has 17 heavy (non-hydrogen) atoms. The van der Waals surface area contributed by atoms with E-state index in [1.807, 2.05) is 16.8 Å². The van der Waals surface area contributed by atoms with E-state index in [9.17, 15) is 5.11 Å². The summed E-state index contributed by atoms with van der Waals surface area (Å²) in [5, 5.41) is 10.2. The Kier molecular flexibility index (Phi) is 3.91. The number of hydrogen-bond donors (Lipinski definition) is 1. The maximum Gasteiger partial charge on any atom is 0.153 e. The maximum absolute atomic E-state index is 10.2. The molecule has 5 heteroatoms. The molecule has 0 bridgehead atoms. The highest BCUT2D eigenvalue weighted by Gasteiger charge is 2.16. The molecular formula is C12H14BrN3O. The summed E-state index contributed by atoms with van der Waals surface area (Å²) < 4.78 is 2.85. The van der Waals surface area contributed by atoms with Crippen LogP contribution in [0.3, 0.4) is 0 Å². The van der Waals surface area contributed by atoms with Crippen molar-refractivity contribution in [1.82, 2.24) is 14.5 Å².